The predicted molar refractivity (Wildman–Crippen MR) is 97.8 cm³/mol. The molecule has 2 saturated heterocycles. The van der Waals surface area contributed by atoms with Crippen LogP contribution in [-0.4, -0.2) is 70.8 Å². The molecule has 2 fully saturated rings. The van der Waals surface area contributed by atoms with Gasteiger partial charge in [-0.25, -0.2) is 0 Å². The Bertz CT molecular complexity index is 630. The average molecular weight is 362 g/mol. The number of carbonyl (C=O) groups excluding carboxylic acids is 2. The fourth-order valence-electron chi connectivity index (χ4n) is 4.27. The highest BCUT2D eigenvalue weighted by Gasteiger charge is 2.40. The summed E-state index contributed by atoms with van der Waals surface area (Å²) >= 11 is 0. The number of hydrogen-bond donors (Lipinski definition) is 0. The van der Waals surface area contributed by atoms with Crippen molar-refractivity contribution < 1.29 is 14.3 Å². The fourth-order valence-corrected chi connectivity index (χ4v) is 4.27. The molecule has 2 aliphatic rings. The van der Waals surface area contributed by atoms with Gasteiger partial charge in [0.15, 0.2) is 0 Å². The van der Waals surface area contributed by atoms with Crippen molar-refractivity contribution in [3.8, 4) is 0 Å². The van der Waals surface area contributed by atoms with Crippen molar-refractivity contribution in [2.75, 3.05) is 33.4 Å². The Hall–Kier alpha value is -1.89. The van der Waals surface area contributed by atoms with Crippen LogP contribution < -0.4 is 0 Å². The van der Waals surface area contributed by atoms with E-state index in [0.29, 0.717) is 31.2 Å². The fraction of sp³-hybridized carbons (Fsp3) is 0.737. The first-order valence-corrected chi connectivity index (χ1v) is 9.75. The number of nitrogens with zero attached hydrogens (tertiary/aromatic N) is 4. The molecule has 2 atom stereocenters. The Balaban J connectivity index is 1.65. The van der Waals surface area contributed by atoms with Crippen LogP contribution in [0.25, 0.3) is 0 Å². The van der Waals surface area contributed by atoms with E-state index in [4.69, 9.17) is 4.74 Å². The van der Waals surface area contributed by atoms with Crippen molar-refractivity contribution in [3.05, 3.63) is 18.0 Å². The first kappa shape index (κ1) is 18.9. The summed E-state index contributed by atoms with van der Waals surface area (Å²) < 4.78 is 6.93. The molecule has 0 spiro atoms. The molecule has 1 aromatic rings. The third-order valence-corrected chi connectivity index (χ3v) is 5.55. The van der Waals surface area contributed by atoms with E-state index in [2.05, 4.69) is 12.0 Å². The molecule has 0 aliphatic carbocycles. The van der Waals surface area contributed by atoms with Gasteiger partial charge in [-0.3, -0.25) is 14.3 Å². The number of aromatic nitrogens is 2. The van der Waals surface area contributed by atoms with E-state index in [1.165, 1.54) is 0 Å². The van der Waals surface area contributed by atoms with Crippen LogP contribution in [0.3, 0.4) is 0 Å². The molecule has 7 nitrogen and oxygen atoms in total. The lowest BCUT2D eigenvalue weighted by molar-refractivity contribution is -0.140. The van der Waals surface area contributed by atoms with E-state index in [-0.39, 0.29) is 17.9 Å². The summed E-state index contributed by atoms with van der Waals surface area (Å²) in [6.07, 6.45) is 5.84. The Kier molecular flexibility index (Phi) is 6.29. The normalized spacial score (nSPS) is 23.2. The van der Waals surface area contributed by atoms with E-state index in [1.807, 2.05) is 15.9 Å². The maximum absolute atomic E-state index is 13.0. The van der Waals surface area contributed by atoms with Crippen LogP contribution >= 0.6 is 0 Å². The number of ether oxygens (including phenoxy) is 1. The number of likely N-dealkylation sites (tertiary alicyclic amines) is 2. The van der Waals surface area contributed by atoms with Gasteiger partial charge in [-0.2, -0.15) is 5.10 Å². The van der Waals surface area contributed by atoms with Crippen molar-refractivity contribution in [2.45, 2.75) is 51.6 Å². The summed E-state index contributed by atoms with van der Waals surface area (Å²) in [7, 11) is 1.69. The number of fused-ring (bicyclic) bond motifs is 1. The number of hydrogen-bond acceptors (Lipinski definition) is 4. The van der Waals surface area contributed by atoms with E-state index < -0.39 is 0 Å². The van der Waals surface area contributed by atoms with Gasteiger partial charge < -0.3 is 14.5 Å². The zero-order valence-electron chi connectivity index (χ0n) is 15.9. The molecule has 7 heteroatoms. The standard InChI is InChI=1S/C19H30N4O3/c1-3-10-23-17(7-9-20-23)19(25)21-12-8-16-15(14-21)5-6-18(24)22(16)11-4-13-26-2/h7,9,15-16H,3-6,8,10-14H2,1-2H3/t15-,16+/m0/s1. The summed E-state index contributed by atoms with van der Waals surface area (Å²) in [6, 6.07) is 2.07. The molecule has 26 heavy (non-hydrogen) atoms. The number of carbonyl (C=O) groups is 2. The van der Waals surface area contributed by atoms with Gasteiger partial charge in [0.1, 0.15) is 5.69 Å². The first-order chi connectivity index (χ1) is 12.7. The molecule has 3 heterocycles. The van der Waals surface area contributed by atoms with Gasteiger partial charge >= 0.3 is 0 Å². The van der Waals surface area contributed by atoms with Gasteiger partial charge in [0.05, 0.1) is 0 Å². The molecular weight excluding hydrogens is 332 g/mol. The first-order valence-electron chi connectivity index (χ1n) is 9.75. The van der Waals surface area contributed by atoms with Crippen molar-refractivity contribution in [3.63, 3.8) is 0 Å². The van der Waals surface area contributed by atoms with Gasteiger partial charge in [0, 0.05) is 58.6 Å². The lowest BCUT2D eigenvalue weighted by atomic mass is 9.83. The van der Waals surface area contributed by atoms with E-state index >= 15 is 0 Å². The summed E-state index contributed by atoms with van der Waals surface area (Å²) in [4.78, 5) is 29.3. The highest BCUT2D eigenvalue weighted by molar-refractivity contribution is 5.92. The van der Waals surface area contributed by atoms with Crippen molar-refractivity contribution in [1.82, 2.24) is 19.6 Å². The third kappa shape index (κ3) is 3.92. The summed E-state index contributed by atoms with van der Waals surface area (Å²) in [5.74, 6) is 0.691. The quantitative estimate of drug-likeness (QED) is 0.694. The summed E-state index contributed by atoms with van der Waals surface area (Å²) in [6.45, 7) is 5.70. The molecule has 0 radical (unpaired) electrons. The SMILES string of the molecule is CCCn1nccc1C(=O)N1CC[C@@H]2[C@@H](CCC(=O)N2CCCOC)C1. The second-order valence-electron chi connectivity index (χ2n) is 7.28. The second kappa shape index (κ2) is 8.66. The maximum atomic E-state index is 13.0. The minimum atomic E-state index is 0.0669. The van der Waals surface area contributed by atoms with Crippen LogP contribution in [0, 0.1) is 5.92 Å². The molecule has 0 saturated carbocycles. The van der Waals surface area contributed by atoms with Crippen LogP contribution in [0.5, 0.6) is 0 Å². The Morgan fingerprint density at radius 3 is 2.96 bits per heavy atom. The molecule has 0 N–H and O–H groups in total. The number of aryl methyl sites for hydroxylation is 1. The summed E-state index contributed by atoms with van der Waals surface area (Å²) in [5, 5.41) is 4.27. The minimum Gasteiger partial charge on any atom is -0.385 e. The van der Waals surface area contributed by atoms with Crippen LogP contribution in [0.1, 0.15) is 49.5 Å². The zero-order chi connectivity index (χ0) is 18.5. The number of piperidine rings is 2. The van der Waals surface area contributed by atoms with Crippen LogP contribution in [0.4, 0.5) is 0 Å². The Morgan fingerprint density at radius 2 is 2.19 bits per heavy atom. The van der Waals surface area contributed by atoms with Crippen molar-refractivity contribution in [2.24, 2.45) is 5.92 Å². The van der Waals surface area contributed by atoms with Crippen LogP contribution in [0.15, 0.2) is 12.3 Å². The van der Waals surface area contributed by atoms with Crippen LogP contribution in [-0.2, 0) is 16.1 Å². The van der Waals surface area contributed by atoms with Gasteiger partial charge in [0.25, 0.3) is 5.91 Å². The third-order valence-electron chi connectivity index (χ3n) is 5.55. The highest BCUT2D eigenvalue weighted by atomic mass is 16.5. The zero-order valence-corrected chi connectivity index (χ0v) is 15.9. The molecule has 2 amide bonds. The molecule has 1 aromatic heterocycles. The van der Waals surface area contributed by atoms with E-state index in [0.717, 1.165) is 45.3 Å². The van der Waals surface area contributed by atoms with E-state index in [1.54, 1.807) is 18.0 Å². The van der Waals surface area contributed by atoms with Crippen molar-refractivity contribution >= 4 is 11.8 Å². The highest BCUT2D eigenvalue weighted by Crippen LogP contribution is 2.32. The van der Waals surface area contributed by atoms with Gasteiger partial charge in [-0.15, -0.1) is 0 Å². The lowest BCUT2D eigenvalue weighted by Crippen LogP contribution is -2.57. The van der Waals surface area contributed by atoms with Gasteiger partial charge in [0.2, 0.25) is 5.91 Å². The predicted octanol–water partition coefficient (Wildman–Crippen LogP) is 1.78. The maximum Gasteiger partial charge on any atom is 0.272 e. The Labute approximate surface area is 155 Å². The lowest BCUT2D eigenvalue weighted by Gasteiger charge is -2.47. The molecule has 0 aromatic carbocycles. The van der Waals surface area contributed by atoms with Crippen LogP contribution in [0.2, 0.25) is 0 Å². The Morgan fingerprint density at radius 1 is 1.35 bits per heavy atom. The topological polar surface area (TPSA) is 67.7 Å². The molecule has 144 valence electrons. The second-order valence-corrected chi connectivity index (χ2v) is 7.28. The van der Waals surface area contributed by atoms with Crippen molar-refractivity contribution in [1.29, 1.82) is 0 Å². The minimum absolute atomic E-state index is 0.0669. The molecule has 0 unspecified atom stereocenters. The molecule has 0 bridgehead atoms. The van der Waals surface area contributed by atoms with E-state index in [9.17, 15) is 9.59 Å². The molecule has 3 rings (SSSR count). The molecular formula is C19H30N4O3. The summed E-state index contributed by atoms with van der Waals surface area (Å²) in [5.41, 5.74) is 0.675. The number of methoxy groups -OCH3 is 1. The monoisotopic (exact) mass is 362 g/mol. The largest absolute Gasteiger partial charge is 0.385 e. The smallest absolute Gasteiger partial charge is 0.272 e. The number of amides is 2. The van der Waals surface area contributed by atoms with Gasteiger partial charge in [-0.05, 0) is 37.7 Å². The number of rotatable bonds is 7. The average Bonchev–Trinajstić information content (AvgIpc) is 3.11. The molecule has 2 aliphatic heterocycles. The van der Waals surface area contributed by atoms with Gasteiger partial charge in [-0.1, -0.05) is 6.92 Å².